The highest BCUT2D eigenvalue weighted by molar-refractivity contribution is 6.35. The third-order valence-electron chi connectivity index (χ3n) is 4.94. The van der Waals surface area contributed by atoms with Crippen molar-refractivity contribution < 1.29 is 14.3 Å². The van der Waals surface area contributed by atoms with E-state index in [-0.39, 0.29) is 17.9 Å². The van der Waals surface area contributed by atoms with Gasteiger partial charge in [-0.15, -0.1) is 0 Å². The van der Waals surface area contributed by atoms with Gasteiger partial charge in [0.1, 0.15) is 0 Å². The number of carbonyl (C=O) groups is 1. The standard InChI is InChI=1S/C21H20ClN5O4/c1-30-16-9-13-15(10-17(16)31-2)23-11-27(21(13)29)8-4-7-18(28)24-20-12-5-3-6-14(22)19(12)25-26-20/h3,5-6,9-11H,4,7-8H2,1-2H3,(H2,24,25,26,28). The van der Waals surface area contributed by atoms with Gasteiger partial charge in [-0.05, 0) is 24.6 Å². The van der Waals surface area contributed by atoms with Gasteiger partial charge >= 0.3 is 0 Å². The average molecular weight is 442 g/mol. The molecule has 1 amide bonds. The first-order valence-electron chi connectivity index (χ1n) is 9.55. The van der Waals surface area contributed by atoms with Crippen LogP contribution in [0.2, 0.25) is 5.02 Å². The van der Waals surface area contributed by atoms with Gasteiger partial charge in [0, 0.05) is 24.4 Å². The van der Waals surface area contributed by atoms with Gasteiger partial charge in [-0.1, -0.05) is 17.7 Å². The van der Waals surface area contributed by atoms with E-state index in [1.165, 1.54) is 25.1 Å². The van der Waals surface area contributed by atoms with Crippen LogP contribution in [0.15, 0.2) is 41.5 Å². The topological polar surface area (TPSA) is 111 Å². The van der Waals surface area contributed by atoms with Crippen molar-refractivity contribution in [1.29, 1.82) is 0 Å². The summed E-state index contributed by atoms with van der Waals surface area (Å²) in [6.45, 7) is 0.344. The molecule has 4 rings (SSSR count). The summed E-state index contributed by atoms with van der Waals surface area (Å²) in [4.78, 5) is 29.5. The van der Waals surface area contributed by atoms with Gasteiger partial charge in [-0.25, -0.2) is 4.98 Å². The van der Waals surface area contributed by atoms with Crippen molar-refractivity contribution in [1.82, 2.24) is 19.7 Å². The molecule has 0 aliphatic rings. The van der Waals surface area contributed by atoms with Gasteiger partial charge < -0.3 is 14.8 Å². The zero-order valence-electron chi connectivity index (χ0n) is 16.9. The molecule has 2 N–H and O–H groups in total. The highest BCUT2D eigenvalue weighted by Crippen LogP contribution is 2.30. The number of hydrogen-bond acceptors (Lipinski definition) is 6. The van der Waals surface area contributed by atoms with Crippen LogP contribution in [0.5, 0.6) is 11.5 Å². The molecular weight excluding hydrogens is 422 g/mol. The van der Waals surface area contributed by atoms with Crippen molar-refractivity contribution in [3.05, 3.63) is 52.0 Å². The minimum absolute atomic E-state index is 0.207. The first kappa shape index (κ1) is 20.7. The van der Waals surface area contributed by atoms with E-state index < -0.39 is 0 Å². The summed E-state index contributed by atoms with van der Waals surface area (Å²) in [6.07, 6.45) is 2.14. The number of anilines is 1. The number of benzene rings is 2. The van der Waals surface area contributed by atoms with E-state index in [2.05, 4.69) is 20.5 Å². The van der Waals surface area contributed by atoms with Crippen molar-refractivity contribution in [2.24, 2.45) is 0 Å². The maximum atomic E-state index is 12.8. The molecule has 2 heterocycles. The normalized spacial score (nSPS) is 11.1. The molecule has 160 valence electrons. The van der Waals surface area contributed by atoms with Crippen LogP contribution in [0.3, 0.4) is 0 Å². The largest absolute Gasteiger partial charge is 0.493 e. The number of aryl methyl sites for hydroxylation is 1. The van der Waals surface area contributed by atoms with Crippen molar-refractivity contribution in [2.75, 3.05) is 19.5 Å². The molecule has 2 aromatic heterocycles. The molecule has 0 atom stereocenters. The third kappa shape index (κ3) is 4.04. The van der Waals surface area contributed by atoms with Crippen LogP contribution in [0.4, 0.5) is 5.82 Å². The molecule has 0 aliphatic carbocycles. The SMILES string of the molecule is COc1cc2ncn(CCCC(=O)Nc3n[nH]c4c(Cl)cccc34)c(=O)c2cc1OC. The van der Waals surface area contributed by atoms with E-state index in [4.69, 9.17) is 21.1 Å². The Labute approximate surface area is 181 Å². The Kier molecular flexibility index (Phi) is 5.77. The molecule has 31 heavy (non-hydrogen) atoms. The predicted molar refractivity (Wildman–Crippen MR) is 118 cm³/mol. The third-order valence-corrected chi connectivity index (χ3v) is 5.25. The van der Waals surface area contributed by atoms with E-state index in [0.717, 1.165) is 5.39 Å². The fraction of sp³-hybridized carbons (Fsp3) is 0.238. The van der Waals surface area contributed by atoms with Crippen LogP contribution in [-0.2, 0) is 11.3 Å². The summed E-state index contributed by atoms with van der Waals surface area (Å²) in [5.41, 5.74) is 0.973. The Hall–Kier alpha value is -3.59. The number of H-pyrrole nitrogens is 1. The first-order valence-corrected chi connectivity index (χ1v) is 9.93. The molecule has 0 aliphatic heterocycles. The lowest BCUT2D eigenvalue weighted by molar-refractivity contribution is -0.116. The predicted octanol–water partition coefficient (Wildman–Crippen LogP) is 3.36. The van der Waals surface area contributed by atoms with Gasteiger partial charge in [-0.3, -0.25) is 19.3 Å². The highest BCUT2D eigenvalue weighted by atomic mass is 35.5. The zero-order valence-corrected chi connectivity index (χ0v) is 17.7. The van der Waals surface area contributed by atoms with E-state index in [0.29, 0.717) is 51.7 Å². The molecule has 2 aromatic carbocycles. The smallest absolute Gasteiger partial charge is 0.261 e. The van der Waals surface area contributed by atoms with Crippen LogP contribution >= 0.6 is 11.6 Å². The second kappa shape index (κ2) is 8.65. The van der Waals surface area contributed by atoms with Crippen LogP contribution in [0.1, 0.15) is 12.8 Å². The quantitative estimate of drug-likeness (QED) is 0.455. The fourth-order valence-corrected chi connectivity index (χ4v) is 3.57. The van der Waals surface area contributed by atoms with E-state index in [1.54, 1.807) is 24.3 Å². The van der Waals surface area contributed by atoms with Crippen LogP contribution in [0.25, 0.3) is 21.8 Å². The average Bonchev–Trinajstić information content (AvgIpc) is 3.18. The number of ether oxygens (including phenoxy) is 2. The Morgan fingerprint density at radius 1 is 1.19 bits per heavy atom. The number of aromatic amines is 1. The lowest BCUT2D eigenvalue weighted by atomic mass is 10.2. The van der Waals surface area contributed by atoms with Gasteiger partial charge in [0.15, 0.2) is 17.3 Å². The van der Waals surface area contributed by atoms with Gasteiger partial charge in [0.05, 0.1) is 42.0 Å². The maximum Gasteiger partial charge on any atom is 0.261 e. The van der Waals surface area contributed by atoms with Crippen molar-refractivity contribution in [3.8, 4) is 11.5 Å². The Bertz CT molecular complexity index is 1330. The number of nitrogens with one attached hydrogen (secondary N) is 2. The van der Waals surface area contributed by atoms with Crippen LogP contribution < -0.4 is 20.3 Å². The minimum atomic E-state index is -0.209. The molecule has 0 bridgehead atoms. The second-order valence-corrected chi connectivity index (χ2v) is 7.26. The molecule has 0 saturated carbocycles. The summed E-state index contributed by atoms with van der Waals surface area (Å²) in [5, 5.41) is 11.4. The first-order chi connectivity index (χ1) is 15.0. The minimum Gasteiger partial charge on any atom is -0.493 e. The molecule has 4 aromatic rings. The molecule has 0 radical (unpaired) electrons. The number of rotatable bonds is 7. The Balaban J connectivity index is 1.44. The second-order valence-electron chi connectivity index (χ2n) is 6.85. The van der Waals surface area contributed by atoms with Crippen molar-refractivity contribution in [3.63, 3.8) is 0 Å². The molecule has 0 unspecified atom stereocenters. The van der Waals surface area contributed by atoms with Crippen LogP contribution in [0, 0.1) is 0 Å². The van der Waals surface area contributed by atoms with Crippen LogP contribution in [-0.4, -0.2) is 39.9 Å². The number of methoxy groups -OCH3 is 2. The summed E-state index contributed by atoms with van der Waals surface area (Å²) >= 11 is 6.11. The summed E-state index contributed by atoms with van der Waals surface area (Å²) in [5.74, 6) is 1.18. The Morgan fingerprint density at radius 2 is 1.97 bits per heavy atom. The number of aromatic nitrogens is 4. The van der Waals surface area contributed by atoms with Gasteiger partial charge in [0.2, 0.25) is 5.91 Å². The van der Waals surface area contributed by atoms with Gasteiger partial charge in [0.25, 0.3) is 5.56 Å². The number of amides is 1. The van der Waals surface area contributed by atoms with E-state index >= 15 is 0 Å². The Morgan fingerprint density at radius 3 is 2.74 bits per heavy atom. The lowest BCUT2D eigenvalue weighted by Crippen LogP contribution is -2.22. The number of para-hydroxylation sites is 1. The molecule has 9 nitrogen and oxygen atoms in total. The molecule has 0 spiro atoms. The number of carbonyl (C=O) groups excluding carboxylic acids is 1. The van der Waals surface area contributed by atoms with E-state index in [9.17, 15) is 9.59 Å². The molecule has 0 saturated heterocycles. The van der Waals surface area contributed by atoms with Crippen molar-refractivity contribution in [2.45, 2.75) is 19.4 Å². The maximum absolute atomic E-state index is 12.8. The number of nitrogens with zero attached hydrogens (tertiary/aromatic N) is 3. The highest BCUT2D eigenvalue weighted by Gasteiger charge is 2.13. The zero-order chi connectivity index (χ0) is 22.0. The molecule has 10 heteroatoms. The lowest BCUT2D eigenvalue weighted by Gasteiger charge is -2.10. The van der Waals surface area contributed by atoms with Gasteiger partial charge in [-0.2, -0.15) is 5.10 Å². The fourth-order valence-electron chi connectivity index (χ4n) is 3.35. The summed E-state index contributed by atoms with van der Waals surface area (Å²) < 4.78 is 12.0. The number of hydrogen-bond donors (Lipinski definition) is 2. The summed E-state index contributed by atoms with van der Waals surface area (Å²) in [6, 6.07) is 8.63. The van der Waals surface area contributed by atoms with E-state index in [1.807, 2.05) is 6.07 Å². The molecular formula is C21H20ClN5O4. The number of fused-ring (bicyclic) bond motifs is 2. The monoisotopic (exact) mass is 441 g/mol. The number of halogens is 1. The summed E-state index contributed by atoms with van der Waals surface area (Å²) in [7, 11) is 3.03. The van der Waals surface area contributed by atoms with Crippen molar-refractivity contribution >= 4 is 45.1 Å². The molecule has 0 fully saturated rings.